The summed E-state index contributed by atoms with van der Waals surface area (Å²) in [7, 11) is 0. The number of carbonyl (C=O) groups is 1. The van der Waals surface area contributed by atoms with Crippen LogP contribution in [0.25, 0.3) is 0 Å². The largest absolute Gasteiger partial charge is 0.494 e. The quantitative estimate of drug-likeness (QED) is 0.388. The molecule has 26 heavy (non-hydrogen) atoms. The molecule has 0 saturated heterocycles. The van der Waals surface area contributed by atoms with Gasteiger partial charge in [0.1, 0.15) is 11.5 Å². The first-order valence-corrected chi connectivity index (χ1v) is 8.95. The molecule has 0 atom stereocenters. The SMILES string of the molecule is CC(C)OC(=O)c1ccc(N)c(OCCCCOc2ccc(Cl)cc2)c1. The van der Waals surface area contributed by atoms with Crippen molar-refractivity contribution < 1.29 is 19.0 Å². The fourth-order valence-electron chi connectivity index (χ4n) is 2.18. The summed E-state index contributed by atoms with van der Waals surface area (Å²) in [4.78, 5) is 11.9. The summed E-state index contributed by atoms with van der Waals surface area (Å²) in [5, 5.41) is 0.683. The Kier molecular flexibility index (Phi) is 7.60. The van der Waals surface area contributed by atoms with E-state index in [9.17, 15) is 4.79 Å². The molecular weight excluding hydrogens is 354 g/mol. The van der Waals surface area contributed by atoms with Crippen LogP contribution in [0.5, 0.6) is 11.5 Å². The zero-order valence-electron chi connectivity index (χ0n) is 15.0. The topological polar surface area (TPSA) is 70.8 Å². The van der Waals surface area contributed by atoms with Crippen LogP contribution in [0.15, 0.2) is 42.5 Å². The van der Waals surface area contributed by atoms with Gasteiger partial charge in [-0.2, -0.15) is 0 Å². The highest BCUT2D eigenvalue weighted by Gasteiger charge is 2.12. The summed E-state index contributed by atoms with van der Waals surface area (Å²) in [6.07, 6.45) is 1.45. The number of esters is 1. The Morgan fingerprint density at radius 1 is 1.04 bits per heavy atom. The van der Waals surface area contributed by atoms with Crippen molar-refractivity contribution in [2.24, 2.45) is 0 Å². The fourth-order valence-corrected chi connectivity index (χ4v) is 2.30. The van der Waals surface area contributed by atoms with E-state index >= 15 is 0 Å². The van der Waals surface area contributed by atoms with Gasteiger partial charge in [-0.25, -0.2) is 4.79 Å². The number of unbranched alkanes of at least 4 members (excludes halogenated alkanes) is 1. The molecule has 0 aliphatic heterocycles. The minimum Gasteiger partial charge on any atom is -0.494 e. The zero-order valence-corrected chi connectivity index (χ0v) is 15.8. The Labute approximate surface area is 159 Å². The van der Waals surface area contributed by atoms with Gasteiger partial charge in [0.15, 0.2) is 0 Å². The second-order valence-corrected chi connectivity index (χ2v) is 6.50. The maximum atomic E-state index is 11.9. The van der Waals surface area contributed by atoms with Gasteiger partial charge in [0.25, 0.3) is 0 Å². The lowest BCUT2D eigenvalue weighted by Crippen LogP contribution is -2.12. The lowest BCUT2D eigenvalue weighted by molar-refractivity contribution is 0.0377. The Morgan fingerprint density at radius 2 is 1.69 bits per heavy atom. The molecule has 0 bridgehead atoms. The van der Waals surface area contributed by atoms with E-state index < -0.39 is 0 Å². The molecular formula is C20H24ClNO4. The first kappa shape index (κ1) is 19.9. The minimum absolute atomic E-state index is 0.176. The van der Waals surface area contributed by atoms with Crippen LogP contribution < -0.4 is 15.2 Å². The lowest BCUT2D eigenvalue weighted by atomic mass is 10.2. The van der Waals surface area contributed by atoms with Gasteiger partial charge in [0.2, 0.25) is 0 Å². The number of hydrogen-bond donors (Lipinski definition) is 1. The normalized spacial score (nSPS) is 10.6. The highest BCUT2D eigenvalue weighted by atomic mass is 35.5. The van der Waals surface area contributed by atoms with Gasteiger partial charge in [-0.05, 0) is 69.2 Å². The third-order valence-corrected chi connectivity index (χ3v) is 3.72. The number of ether oxygens (including phenoxy) is 3. The second kappa shape index (κ2) is 9.92. The maximum Gasteiger partial charge on any atom is 0.338 e. The van der Waals surface area contributed by atoms with Crippen LogP contribution in [0.2, 0.25) is 5.02 Å². The average Bonchev–Trinajstić information content (AvgIpc) is 2.60. The number of hydrogen-bond acceptors (Lipinski definition) is 5. The van der Waals surface area contributed by atoms with Crippen LogP contribution in [0.4, 0.5) is 5.69 Å². The minimum atomic E-state index is -0.388. The first-order valence-electron chi connectivity index (χ1n) is 8.57. The predicted molar refractivity (Wildman–Crippen MR) is 103 cm³/mol. The fraction of sp³-hybridized carbons (Fsp3) is 0.350. The third kappa shape index (κ3) is 6.48. The summed E-state index contributed by atoms with van der Waals surface area (Å²) in [5.74, 6) is 0.888. The number of halogens is 1. The third-order valence-electron chi connectivity index (χ3n) is 3.47. The van der Waals surface area contributed by atoms with Gasteiger partial charge in [-0.3, -0.25) is 0 Å². The van der Waals surface area contributed by atoms with Crippen LogP contribution in [0.1, 0.15) is 37.0 Å². The van der Waals surface area contributed by atoms with Crippen LogP contribution in [0.3, 0.4) is 0 Å². The van der Waals surface area contributed by atoms with Crippen molar-refractivity contribution in [2.75, 3.05) is 18.9 Å². The van der Waals surface area contributed by atoms with Gasteiger partial charge in [0, 0.05) is 5.02 Å². The molecule has 5 nitrogen and oxygen atoms in total. The Balaban J connectivity index is 1.74. The number of anilines is 1. The predicted octanol–water partition coefficient (Wildman–Crippen LogP) is 4.73. The van der Waals surface area contributed by atoms with Crippen LogP contribution in [-0.2, 0) is 4.74 Å². The van der Waals surface area contributed by atoms with E-state index in [1.807, 2.05) is 12.1 Å². The van der Waals surface area contributed by atoms with Gasteiger partial charge < -0.3 is 19.9 Å². The smallest absolute Gasteiger partial charge is 0.338 e. The van der Waals surface area contributed by atoms with E-state index in [0.717, 1.165) is 18.6 Å². The van der Waals surface area contributed by atoms with Crippen LogP contribution in [0, 0.1) is 0 Å². The van der Waals surface area contributed by atoms with Crippen molar-refractivity contribution in [3.05, 3.63) is 53.1 Å². The molecule has 140 valence electrons. The highest BCUT2D eigenvalue weighted by Crippen LogP contribution is 2.24. The van der Waals surface area contributed by atoms with Gasteiger partial charge >= 0.3 is 5.97 Å². The van der Waals surface area contributed by atoms with E-state index in [4.69, 9.17) is 31.5 Å². The summed E-state index contributed by atoms with van der Waals surface area (Å²) >= 11 is 5.83. The molecule has 0 saturated carbocycles. The van der Waals surface area contributed by atoms with Gasteiger partial charge in [0.05, 0.1) is 30.6 Å². The number of nitrogen functional groups attached to an aromatic ring is 1. The molecule has 0 aliphatic rings. The average molecular weight is 378 g/mol. The lowest BCUT2D eigenvalue weighted by Gasteiger charge is -2.12. The van der Waals surface area contributed by atoms with E-state index in [-0.39, 0.29) is 12.1 Å². The van der Waals surface area contributed by atoms with E-state index in [1.165, 1.54) is 0 Å². The monoisotopic (exact) mass is 377 g/mol. The van der Waals surface area contributed by atoms with Crippen molar-refractivity contribution >= 4 is 23.3 Å². The van der Waals surface area contributed by atoms with E-state index in [2.05, 4.69) is 0 Å². The molecule has 0 fully saturated rings. The Bertz CT molecular complexity index is 716. The number of rotatable bonds is 9. The van der Waals surface area contributed by atoms with Gasteiger partial charge in [-0.15, -0.1) is 0 Å². The molecule has 0 radical (unpaired) electrons. The van der Waals surface area contributed by atoms with Gasteiger partial charge in [-0.1, -0.05) is 11.6 Å². The van der Waals surface area contributed by atoms with Crippen LogP contribution >= 0.6 is 11.6 Å². The summed E-state index contributed by atoms with van der Waals surface area (Å²) < 4.78 is 16.5. The summed E-state index contributed by atoms with van der Waals surface area (Å²) in [6, 6.07) is 12.1. The van der Waals surface area contributed by atoms with Crippen molar-refractivity contribution in [3.63, 3.8) is 0 Å². The van der Waals surface area contributed by atoms with E-state index in [1.54, 1.807) is 44.2 Å². The van der Waals surface area contributed by atoms with Crippen molar-refractivity contribution in [1.82, 2.24) is 0 Å². The van der Waals surface area contributed by atoms with Crippen LogP contribution in [-0.4, -0.2) is 25.3 Å². The van der Waals surface area contributed by atoms with E-state index in [0.29, 0.717) is 35.2 Å². The highest BCUT2D eigenvalue weighted by molar-refractivity contribution is 6.30. The second-order valence-electron chi connectivity index (χ2n) is 6.06. The molecule has 0 unspecified atom stereocenters. The Morgan fingerprint density at radius 3 is 2.35 bits per heavy atom. The zero-order chi connectivity index (χ0) is 18.9. The maximum absolute atomic E-state index is 11.9. The molecule has 2 aromatic rings. The molecule has 6 heteroatoms. The Hall–Kier alpha value is -2.40. The molecule has 0 heterocycles. The van der Waals surface area contributed by atoms with Crippen molar-refractivity contribution in [3.8, 4) is 11.5 Å². The molecule has 0 amide bonds. The molecule has 0 aliphatic carbocycles. The first-order chi connectivity index (χ1) is 12.5. The molecule has 0 aromatic heterocycles. The number of nitrogens with two attached hydrogens (primary N) is 1. The molecule has 0 spiro atoms. The molecule has 2 aromatic carbocycles. The molecule has 2 rings (SSSR count). The van der Waals surface area contributed by atoms with Crippen molar-refractivity contribution in [2.45, 2.75) is 32.8 Å². The number of benzene rings is 2. The summed E-state index contributed by atoms with van der Waals surface area (Å²) in [6.45, 7) is 4.68. The standard InChI is InChI=1S/C20H24ClNO4/c1-14(2)26-20(23)15-5-10-18(22)19(13-15)25-12-4-3-11-24-17-8-6-16(21)7-9-17/h5-10,13-14H,3-4,11-12,22H2,1-2H3. The van der Waals surface area contributed by atoms with Crippen molar-refractivity contribution in [1.29, 1.82) is 0 Å². The number of carbonyl (C=O) groups excluding carboxylic acids is 1. The molecule has 2 N–H and O–H groups in total. The summed E-state index contributed by atoms with van der Waals surface area (Å²) in [5.41, 5.74) is 6.82.